The molecule has 0 unspecified atom stereocenters. The van der Waals surface area contributed by atoms with E-state index in [9.17, 15) is 0 Å². The average Bonchev–Trinajstić information content (AvgIpc) is 3.01. The van der Waals surface area contributed by atoms with E-state index in [1.54, 1.807) is 0 Å². The highest BCUT2D eigenvalue weighted by Crippen LogP contribution is 2.44. The molecule has 0 saturated heterocycles. The van der Waals surface area contributed by atoms with Crippen molar-refractivity contribution in [1.29, 1.82) is 0 Å². The minimum atomic E-state index is 0.573. The lowest BCUT2D eigenvalue weighted by molar-refractivity contribution is 0.340. The van der Waals surface area contributed by atoms with E-state index in [-0.39, 0.29) is 0 Å². The highest BCUT2D eigenvalue weighted by Gasteiger charge is 2.39. The standard InChI is InChI=1S/C16H22N2OS/c1-2-19-14-5-3-4-13(10-14)17-16(20)18-15-9-11-6-7-12(15)8-11/h3-5,10-12,15H,2,6-9H2,1H3,(H2,17,18,20)/t11-,12+,15-/m0/s1. The van der Waals surface area contributed by atoms with E-state index < -0.39 is 0 Å². The maximum Gasteiger partial charge on any atom is 0.171 e. The molecule has 2 bridgehead atoms. The number of fused-ring (bicyclic) bond motifs is 2. The molecule has 0 aliphatic heterocycles. The Morgan fingerprint density at radius 3 is 2.95 bits per heavy atom. The smallest absolute Gasteiger partial charge is 0.171 e. The molecule has 2 fully saturated rings. The summed E-state index contributed by atoms with van der Waals surface area (Å²) in [5, 5.41) is 7.49. The molecule has 3 nitrogen and oxygen atoms in total. The Balaban J connectivity index is 1.54. The molecule has 108 valence electrons. The first-order chi connectivity index (χ1) is 9.74. The molecule has 3 rings (SSSR count). The van der Waals surface area contributed by atoms with Gasteiger partial charge >= 0.3 is 0 Å². The van der Waals surface area contributed by atoms with Crippen LogP contribution in [0.25, 0.3) is 0 Å². The highest BCUT2D eigenvalue weighted by molar-refractivity contribution is 7.80. The second kappa shape index (κ2) is 6.00. The van der Waals surface area contributed by atoms with Crippen molar-refractivity contribution in [3.63, 3.8) is 0 Å². The van der Waals surface area contributed by atoms with Crippen LogP contribution in [0.15, 0.2) is 24.3 Å². The summed E-state index contributed by atoms with van der Waals surface area (Å²) in [6.45, 7) is 2.67. The summed E-state index contributed by atoms with van der Waals surface area (Å²) in [7, 11) is 0. The highest BCUT2D eigenvalue weighted by atomic mass is 32.1. The summed E-state index contributed by atoms with van der Waals surface area (Å²) in [5.41, 5.74) is 0.983. The number of ether oxygens (including phenoxy) is 1. The number of thiocarbonyl (C=S) groups is 1. The van der Waals surface area contributed by atoms with Crippen molar-refractivity contribution in [2.75, 3.05) is 11.9 Å². The van der Waals surface area contributed by atoms with E-state index in [2.05, 4.69) is 10.6 Å². The van der Waals surface area contributed by atoms with Crippen LogP contribution >= 0.6 is 12.2 Å². The van der Waals surface area contributed by atoms with Crippen molar-refractivity contribution in [3.8, 4) is 5.75 Å². The fourth-order valence-corrected chi connectivity index (χ4v) is 3.86. The van der Waals surface area contributed by atoms with E-state index in [4.69, 9.17) is 17.0 Å². The predicted molar refractivity (Wildman–Crippen MR) is 86.2 cm³/mol. The van der Waals surface area contributed by atoms with Gasteiger partial charge in [-0.05, 0) is 62.4 Å². The number of rotatable bonds is 4. The lowest BCUT2D eigenvalue weighted by Gasteiger charge is -2.24. The Labute approximate surface area is 126 Å². The predicted octanol–water partition coefficient (Wildman–Crippen LogP) is 3.56. The van der Waals surface area contributed by atoms with Crippen LogP contribution in [-0.2, 0) is 0 Å². The molecule has 2 N–H and O–H groups in total. The maximum absolute atomic E-state index is 5.50. The molecule has 2 saturated carbocycles. The third-order valence-corrected chi connectivity index (χ3v) is 4.68. The second-order valence-electron chi connectivity index (χ2n) is 5.84. The van der Waals surface area contributed by atoms with Gasteiger partial charge in [0.25, 0.3) is 0 Å². The quantitative estimate of drug-likeness (QED) is 0.831. The van der Waals surface area contributed by atoms with Gasteiger partial charge in [-0.3, -0.25) is 0 Å². The zero-order chi connectivity index (χ0) is 13.9. The summed E-state index contributed by atoms with van der Waals surface area (Å²) in [5.74, 6) is 2.64. The summed E-state index contributed by atoms with van der Waals surface area (Å²) in [6, 6.07) is 8.51. The number of hydrogen-bond acceptors (Lipinski definition) is 2. The van der Waals surface area contributed by atoms with Gasteiger partial charge in [0, 0.05) is 17.8 Å². The van der Waals surface area contributed by atoms with Gasteiger partial charge in [0.15, 0.2) is 5.11 Å². The second-order valence-corrected chi connectivity index (χ2v) is 6.25. The van der Waals surface area contributed by atoms with E-state index in [1.165, 1.54) is 25.7 Å². The Bertz CT molecular complexity index is 491. The van der Waals surface area contributed by atoms with Gasteiger partial charge in [-0.15, -0.1) is 0 Å². The third-order valence-electron chi connectivity index (χ3n) is 4.46. The van der Waals surface area contributed by atoms with Crippen LogP contribution in [0.5, 0.6) is 5.75 Å². The first-order valence-corrected chi connectivity index (χ1v) is 7.96. The van der Waals surface area contributed by atoms with Crippen LogP contribution in [-0.4, -0.2) is 17.8 Å². The summed E-state index contributed by atoms with van der Waals surface area (Å²) >= 11 is 5.43. The molecule has 3 atom stereocenters. The largest absolute Gasteiger partial charge is 0.494 e. The Kier molecular flexibility index (Phi) is 4.10. The van der Waals surface area contributed by atoms with E-state index in [0.717, 1.165) is 28.4 Å². The van der Waals surface area contributed by atoms with Gasteiger partial charge in [0.2, 0.25) is 0 Å². The van der Waals surface area contributed by atoms with Crippen LogP contribution in [0.2, 0.25) is 0 Å². The van der Waals surface area contributed by atoms with Crippen LogP contribution in [0.4, 0.5) is 5.69 Å². The molecule has 0 heterocycles. The summed E-state index contributed by atoms with van der Waals surface area (Å²) in [6.07, 6.45) is 5.45. The van der Waals surface area contributed by atoms with Gasteiger partial charge in [-0.2, -0.15) is 0 Å². The van der Waals surface area contributed by atoms with Crippen molar-refractivity contribution < 1.29 is 4.74 Å². The topological polar surface area (TPSA) is 33.3 Å². The van der Waals surface area contributed by atoms with Crippen LogP contribution in [0.1, 0.15) is 32.6 Å². The van der Waals surface area contributed by atoms with E-state index in [0.29, 0.717) is 12.6 Å². The van der Waals surface area contributed by atoms with Crippen molar-refractivity contribution in [2.24, 2.45) is 11.8 Å². The molecule has 1 aromatic rings. The first kappa shape index (κ1) is 13.7. The van der Waals surface area contributed by atoms with E-state index in [1.807, 2.05) is 31.2 Å². The molecule has 2 aliphatic rings. The van der Waals surface area contributed by atoms with Crippen molar-refractivity contribution in [1.82, 2.24) is 5.32 Å². The Morgan fingerprint density at radius 1 is 1.35 bits per heavy atom. The average molecular weight is 290 g/mol. The van der Waals surface area contributed by atoms with E-state index >= 15 is 0 Å². The number of anilines is 1. The normalized spacial score (nSPS) is 27.4. The minimum Gasteiger partial charge on any atom is -0.494 e. The van der Waals surface area contributed by atoms with Crippen molar-refractivity contribution in [2.45, 2.75) is 38.6 Å². The molecule has 1 aromatic carbocycles. The lowest BCUT2D eigenvalue weighted by atomic mass is 9.96. The SMILES string of the molecule is CCOc1cccc(NC(=S)N[C@H]2C[C@H]3CC[C@@H]2C3)c1. The fourth-order valence-electron chi connectivity index (χ4n) is 3.59. The maximum atomic E-state index is 5.50. The molecular weight excluding hydrogens is 268 g/mol. The third kappa shape index (κ3) is 3.06. The molecule has 0 amide bonds. The Morgan fingerprint density at radius 2 is 2.25 bits per heavy atom. The van der Waals surface area contributed by atoms with Crippen LogP contribution in [0, 0.1) is 11.8 Å². The summed E-state index contributed by atoms with van der Waals surface area (Å²) in [4.78, 5) is 0. The number of benzene rings is 1. The molecule has 20 heavy (non-hydrogen) atoms. The molecule has 4 heteroatoms. The number of nitrogens with one attached hydrogen (secondary N) is 2. The number of hydrogen-bond donors (Lipinski definition) is 2. The monoisotopic (exact) mass is 290 g/mol. The fraction of sp³-hybridized carbons (Fsp3) is 0.562. The van der Waals surface area contributed by atoms with Crippen molar-refractivity contribution >= 4 is 23.0 Å². The van der Waals surface area contributed by atoms with Crippen LogP contribution < -0.4 is 15.4 Å². The van der Waals surface area contributed by atoms with Crippen LogP contribution in [0.3, 0.4) is 0 Å². The summed E-state index contributed by atoms with van der Waals surface area (Å²) < 4.78 is 5.50. The van der Waals surface area contributed by atoms with Gasteiger partial charge in [0.1, 0.15) is 5.75 Å². The molecular formula is C16H22N2OS. The molecule has 0 spiro atoms. The molecule has 0 radical (unpaired) electrons. The minimum absolute atomic E-state index is 0.573. The molecule has 0 aromatic heterocycles. The van der Waals surface area contributed by atoms with Gasteiger partial charge in [0.05, 0.1) is 6.61 Å². The first-order valence-electron chi connectivity index (χ1n) is 7.55. The zero-order valence-electron chi connectivity index (χ0n) is 11.9. The van der Waals surface area contributed by atoms with Gasteiger partial charge < -0.3 is 15.4 Å². The van der Waals surface area contributed by atoms with Gasteiger partial charge in [-0.1, -0.05) is 12.5 Å². The van der Waals surface area contributed by atoms with Crippen molar-refractivity contribution in [3.05, 3.63) is 24.3 Å². The van der Waals surface area contributed by atoms with Gasteiger partial charge in [-0.25, -0.2) is 0 Å². The zero-order valence-corrected chi connectivity index (χ0v) is 12.7. The molecule has 2 aliphatic carbocycles. The Hall–Kier alpha value is -1.29. The lowest BCUT2D eigenvalue weighted by Crippen LogP contribution is -2.40.